The third-order valence-corrected chi connectivity index (χ3v) is 20.7. The number of aromatic nitrogens is 8. The molecule has 0 aliphatic rings. The van der Waals surface area contributed by atoms with Crippen LogP contribution < -0.4 is 0 Å². The van der Waals surface area contributed by atoms with E-state index in [1.54, 1.807) is 0 Å². The molecule has 438 valence electrons. The van der Waals surface area contributed by atoms with E-state index in [4.69, 9.17) is 29.9 Å². The molecule has 0 amide bonds. The normalized spacial score (nSPS) is 11.8. The van der Waals surface area contributed by atoms with Crippen LogP contribution in [0, 0.1) is 0 Å². The van der Waals surface area contributed by atoms with Crippen molar-refractivity contribution < 1.29 is 0 Å². The van der Waals surface area contributed by atoms with Crippen molar-refractivity contribution in [2.45, 2.75) is 0 Å². The van der Waals surface area contributed by atoms with Crippen LogP contribution in [-0.2, 0) is 0 Å². The van der Waals surface area contributed by atoms with Crippen LogP contribution in [0.4, 0.5) is 0 Å². The molecule has 0 unspecified atom stereocenters. The van der Waals surface area contributed by atoms with Gasteiger partial charge in [0, 0.05) is 95.3 Å². The summed E-state index contributed by atoms with van der Waals surface area (Å²) in [7, 11) is 0. The zero-order chi connectivity index (χ0) is 61.8. The van der Waals surface area contributed by atoms with E-state index in [1.807, 2.05) is 95.5 Å². The van der Waals surface area contributed by atoms with E-state index >= 15 is 0 Å². The number of nitrogens with zero attached hydrogens (tertiary/aromatic N) is 8. The number of para-hydroxylation sites is 2. The van der Waals surface area contributed by atoms with Gasteiger partial charge in [-0.05, 0) is 89.0 Å². The van der Waals surface area contributed by atoms with Crippen molar-refractivity contribution in [3.8, 4) is 102 Å². The molecular weight excluding hydrogens is 1190 g/mol. The highest BCUT2D eigenvalue weighted by Gasteiger charge is 2.26. The Bertz CT molecular complexity index is 5740. The van der Waals surface area contributed by atoms with Gasteiger partial charge >= 0.3 is 0 Å². The Hall–Kier alpha value is -12.1. The van der Waals surface area contributed by atoms with Crippen molar-refractivity contribution >= 4 is 107 Å². The lowest BCUT2D eigenvalue weighted by Crippen LogP contribution is -2.04. The molecule has 0 radical (unpaired) electrons. The molecule has 0 atom stereocenters. The molecule has 6 aromatic heterocycles. The van der Waals surface area contributed by atoms with Crippen molar-refractivity contribution in [3.05, 3.63) is 303 Å². The van der Waals surface area contributed by atoms with Crippen LogP contribution in [0.25, 0.3) is 186 Å². The minimum atomic E-state index is 0.565. The first-order chi connectivity index (χ1) is 46.6. The Kier molecular flexibility index (Phi) is 12.5. The molecule has 0 fully saturated rings. The second-order valence-corrected chi connectivity index (χ2v) is 25.8. The second kappa shape index (κ2) is 21.8. The van der Waals surface area contributed by atoms with Crippen LogP contribution in [0.1, 0.15) is 0 Å². The number of hydrogen-bond donors (Lipinski definition) is 0. The van der Waals surface area contributed by atoms with Crippen molar-refractivity contribution in [1.82, 2.24) is 39.0 Å². The number of rotatable bonds is 10. The van der Waals surface area contributed by atoms with Gasteiger partial charge in [-0.1, -0.05) is 237 Å². The molecule has 19 aromatic rings. The first-order valence-corrected chi connectivity index (χ1v) is 33.0. The molecule has 0 aliphatic carbocycles. The number of thiophene rings is 2. The van der Waals surface area contributed by atoms with Gasteiger partial charge in [0.15, 0.2) is 34.9 Å². The molecule has 10 heteroatoms. The van der Waals surface area contributed by atoms with E-state index < -0.39 is 0 Å². The minimum Gasteiger partial charge on any atom is -0.308 e. The van der Waals surface area contributed by atoms with Gasteiger partial charge in [0.1, 0.15) is 0 Å². The van der Waals surface area contributed by atoms with Gasteiger partial charge < -0.3 is 9.13 Å². The van der Waals surface area contributed by atoms with Gasteiger partial charge in [0.25, 0.3) is 0 Å². The highest BCUT2D eigenvalue weighted by atomic mass is 32.1. The number of hydrogen-bond acceptors (Lipinski definition) is 8. The van der Waals surface area contributed by atoms with E-state index in [9.17, 15) is 0 Å². The second-order valence-electron chi connectivity index (χ2n) is 23.7. The molecule has 6 heterocycles. The van der Waals surface area contributed by atoms with Gasteiger partial charge in [-0.15, -0.1) is 22.7 Å². The fraction of sp³-hybridized carbons (Fsp3) is 0. The highest BCUT2D eigenvalue weighted by Crippen LogP contribution is 2.48. The van der Waals surface area contributed by atoms with E-state index in [-0.39, 0.29) is 0 Å². The fourth-order valence-electron chi connectivity index (χ4n) is 13.9. The molecule has 0 saturated heterocycles. The topological polar surface area (TPSA) is 87.2 Å². The van der Waals surface area contributed by atoms with Crippen LogP contribution in [0.5, 0.6) is 0 Å². The van der Waals surface area contributed by atoms with Crippen molar-refractivity contribution in [2.75, 3.05) is 0 Å². The molecule has 0 N–H and O–H groups in total. The molecule has 0 bridgehead atoms. The smallest absolute Gasteiger partial charge is 0.166 e. The minimum absolute atomic E-state index is 0.565. The van der Waals surface area contributed by atoms with Crippen LogP contribution >= 0.6 is 22.7 Å². The summed E-state index contributed by atoms with van der Waals surface area (Å²) in [6, 6.07) is 108. The molecule has 0 aliphatic heterocycles. The van der Waals surface area contributed by atoms with Gasteiger partial charge in [0.2, 0.25) is 0 Å². The molecule has 0 spiro atoms. The summed E-state index contributed by atoms with van der Waals surface area (Å²) in [5.41, 5.74) is 15.7. The number of benzene rings is 13. The zero-order valence-corrected chi connectivity index (χ0v) is 51.9. The standard InChI is InChI=1S/C84H50N8S2/c1-5-22-51(23-6-1)79-85-80(52-24-7-2-8-25-52)88-83(87-79)65-49-57(40-44-69(65)91-67-36-17-13-34-63(67)75-71(91)46-42-61-59-32-15-19-38-73(59)93-77(61)75)55-30-21-31-56(48-55)58-41-45-70(66(50-58)84-89-81(53-26-9-3-10-27-53)86-82(90-84)54-28-11-4-12-29-54)92-68-37-18-14-35-64(68)76-72(92)47-43-62-60-33-16-20-39-74(60)94-78(62)76/h1-50H. The quantitative estimate of drug-likeness (QED) is 0.136. The molecule has 19 rings (SSSR count). The summed E-state index contributed by atoms with van der Waals surface area (Å²) in [6.07, 6.45) is 0. The maximum atomic E-state index is 5.44. The van der Waals surface area contributed by atoms with Gasteiger partial charge in [-0.3, -0.25) is 0 Å². The number of fused-ring (bicyclic) bond motifs is 14. The van der Waals surface area contributed by atoms with Crippen LogP contribution in [0.3, 0.4) is 0 Å². The van der Waals surface area contributed by atoms with E-state index in [0.29, 0.717) is 34.9 Å². The van der Waals surface area contributed by atoms with Gasteiger partial charge in [-0.2, -0.15) is 0 Å². The van der Waals surface area contributed by atoms with E-state index in [0.717, 1.165) is 89.1 Å². The Morgan fingerprint density at radius 2 is 0.532 bits per heavy atom. The van der Waals surface area contributed by atoms with Gasteiger partial charge in [0.05, 0.1) is 33.4 Å². The Morgan fingerprint density at radius 3 is 0.926 bits per heavy atom. The van der Waals surface area contributed by atoms with Crippen LogP contribution in [0.15, 0.2) is 303 Å². The predicted octanol–water partition coefficient (Wildman–Crippen LogP) is 22.3. The molecule has 94 heavy (non-hydrogen) atoms. The summed E-state index contributed by atoms with van der Waals surface area (Å²) in [5, 5.41) is 9.87. The Morgan fingerprint density at radius 1 is 0.213 bits per heavy atom. The highest BCUT2D eigenvalue weighted by molar-refractivity contribution is 7.27. The average molecular weight is 1240 g/mol. The first-order valence-electron chi connectivity index (χ1n) is 31.4. The summed E-state index contributed by atoms with van der Waals surface area (Å²) < 4.78 is 9.90. The lowest BCUT2D eigenvalue weighted by molar-refractivity contribution is 1.06. The summed E-state index contributed by atoms with van der Waals surface area (Å²) in [4.78, 5) is 32.1. The fourth-order valence-corrected chi connectivity index (χ4v) is 16.4. The van der Waals surface area contributed by atoms with Crippen molar-refractivity contribution in [3.63, 3.8) is 0 Å². The molecule has 13 aromatic carbocycles. The van der Waals surface area contributed by atoms with E-state index in [1.165, 1.54) is 61.9 Å². The van der Waals surface area contributed by atoms with Crippen molar-refractivity contribution in [2.24, 2.45) is 0 Å². The zero-order valence-electron chi connectivity index (χ0n) is 50.3. The summed E-state index contributed by atoms with van der Waals surface area (Å²) in [6.45, 7) is 0. The van der Waals surface area contributed by atoms with Crippen molar-refractivity contribution in [1.29, 1.82) is 0 Å². The maximum absolute atomic E-state index is 5.44. The SMILES string of the molecule is c1ccc(-c2nc(-c3ccccc3)nc(-c3cc(-c4cccc(-c5ccc(-n6c7ccccc7c7c8sc9ccccc9c8ccc76)c(-c6nc(-c7ccccc7)nc(-c7ccccc7)n6)c5)c4)ccc3-n3c4ccccc4c4c5sc6ccccc6c5ccc43)n2)cc1. The lowest BCUT2D eigenvalue weighted by Gasteiger charge is -2.17. The van der Waals surface area contributed by atoms with Crippen LogP contribution in [-0.4, -0.2) is 39.0 Å². The van der Waals surface area contributed by atoms with Crippen LogP contribution in [0.2, 0.25) is 0 Å². The monoisotopic (exact) mass is 1230 g/mol. The maximum Gasteiger partial charge on any atom is 0.166 e. The molecule has 8 nitrogen and oxygen atoms in total. The lowest BCUT2D eigenvalue weighted by atomic mass is 9.95. The first kappa shape index (κ1) is 53.7. The largest absolute Gasteiger partial charge is 0.308 e. The van der Waals surface area contributed by atoms with Gasteiger partial charge in [-0.25, -0.2) is 29.9 Å². The Labute approximate surface area is 547 Å². The van der Waals surface area contributed by atoms with E-state index in [2.05, 4.69) is 240 Å². The molecule has 0 saturated carbocycles. The summed E-state index contributed by atoms with van der Waals surface area (Å²) >= 11 is 3.71. The predicted molar refractivity (Wildman–Crippen MR) is 391 cm³/mol. The molecular formula is C84H50N8S2. The third-order valence-electron chi connectivity index (χ3n) is 18.2. The average Bonchev–Trinajstić information content (AvgIpc) is 1.59. The Balaban J connectivity index is 0.833. The summed E-state index contributed by atoms with van der Waals surface area (Å²) in [5.74, 6) is 3.50. The third kappa shape index (κ3) is 8.79.